The lowest BCUT2D eigenvalue weighted by Crippen LogP contribution is -2.34. The van der Waals surface area contributed by atoms with E-state index >= 15 is 0 Å². The Morgan fingerprint density at radius 2 is 2.06 bits per heavy atom. The van der Waals surface area contributed by atoms with E-state index in [9.17, 15) is 0 Å². The summed E-state index contributed by atoms with van der Waals surface area (Å²) in [5.74, 6) is 0.662. The molecule has 1 heterocycles. The number of rotatable bonds is 4. The van der Waals surface area contributed by atoms with Crippen molar-refractivity contribution >= 4 is 11.6 Å². The summed E-state index contributed by atoms with van der Waals surface area (Å²) in [7, 11) is 1.97. The highest BCUT2D eigenvalue weighted by Gasteiger charge is 2.23. The van der Waals surface area contributed by atoms with E-state index in [2.05, 4.69) is 12.0 Å². The van der Waals surface area contributed by atoms with Gasteiger partial charge in [-0.1, -0.05) is 37.8 Å². The molecule has 1 aromatic rings. The van der Waals surface area contributed by atoms with E-state index in [1.807, 2.05) is 11.7 Å². The lowest BCUT2D eigenvalue weighted by Gasteiger charge is -2.27. The number of aryl methyl sites for hydroxylation is 2. The van der Waals surface area contributed by atoms with Gasteiger partial charge in [0.1, 0.15) is 0 Å². The molecule has 0 bridgehead atoms. The average Bonchev–Trinajstić information content (AvgIpc) is 2.67. The third kappa shape index (κ3) is 2.89. The molecule has 1 atom stereocenters. The largest absolute Gasteiger partial charge is 0.327 e. The molecule has 1 fully saturated rings. The summed E-state index contributed by atoms with van der Waals surface area (Å²) in [5, 5.41) is 5.28. The first-order chi connectivity index (χ1) is 8.63. The Hall–Kier alpha value is -0.540. The Morgan fingerprint density at radius 3 is 2.61 bits per heavy atom. The quantitative estimate of drug-likeness (QED) is 0.913. The molecule has 1 saturated carbocycles. The van der Waals surface area contributed by atoms with Crippen molar-refractivity contribution in [3.63, 3.8) is 0 Å². The summed E-state index contributed by atoms with van der Waals surface area (Å²) in [6.07, 6.45) is 8.32. The van der Waals surface area contributed by atoms with Gasteiger partial charge in [-0.3, -0.25) is 4.68 Å². The maximum atomic E-state index is 6.37. The van der Waals surface area contributed by atoms with Gasteiger partial charge in [0.15, 0.2) is 0 Å². The van der Waals surface area contributed by atoms with Crippen molar-refractivity contribution in [3.05, 3.63) is 16.4 Å². The molecule has 0 aromatic carbocycles. The minimum Gasteiger partial charge on any atom is -0.327 e. The summed E-state index contributed by atoms with van der Waals surface area (Å²) in [6.45, 7) is 2.08. The monoisotopic (exact) mass is 269 g/mol. The normalized spacial score (nSPS) is 19.1. The zero-order valence-electron chi connectivity index (χ0n) is 11.5. The topological polar surface area (TPSA) is 43.8 Å². The van der Waals surface area contributed by atoms with Crippen LogP contribution in [0.3, 0.4) is 0 Å². The zero-order chi connectivity index (χ0) is 13.1. The SMILES string of the molecule is CCc1nn(C)c(CC(N)C2CCCCC2)c1Cl. The number of aromatic nitrogens is 2. The fourth-order valence-electron chi connectivity index (χ4n) is 2.99. The Balaban J connectivity index is 2.06. The third-order valence-electron chi connectivity index (χ3n) is 4.19. The van der Waals surface area contributed by atoms with Crippen LogP contribution in [0.1, 0.15) is 50.4 Å². The average molecular weight is 270 g/mol. The first kappa shape index (κ1) is 13.9. The van der Waals surface area contributed by atoms with Crippen molar-refractivity contribution in [1.29, 1.82) is 0 Å². The van der Waals surface area contributed by atoms with Crippen molar-refractivity contribution in [2.75, 3.05) is 0 Å². The van der Waals surface area contributed by atoms with Gasteiger partial charge in [0.05, 0.1) is 16.4 Å². The van der Waals surface area contributed by atoms with E-state index in [1.54, 1.807) is 0 Å². The van der Waals surface area contributed by atoms with Gasteiger partial charge in [0.25, 0.3) is 0 Å². The van der Waals surface area contributed by atoms with Gasteiger partial charge in [0.2, 0.25) is 0 Å². The fraction of sp³-hybridized carbons (Fsp3) is 0.786. The predicted octanol–water partition coefficient (Wildman–Crippen LogP) is 3.09. The molecule has 0 radical (unpaired) electrons. The second-order valence-electron chi connectivity index (χ2n) is 5.45. The minimum atomic E-state index is 0.225. The lowest BCUT2D eigenvalue weighted by atomic mass is 9.82. The van der Waals surface area contributed by atoms with E-state index in [4.69, 9.17) is 17.3 Å². The van der Waals surface area contributed by atoms with E-state index in [1.165, 1.54) is 32.1 Å². The van der Waals surface area contributed by atoms with Crippen LogP contribution in [0.5, 0.6) is 0 Å². The Labute approximate surface area is 115 Å². The number of hydrogen-bond donors (Lipinski definition) is 1. The van der Waals surface area contributed by atoms with Crippen LogP contribution in [0.4, 0.5) is 0 Å². The molecule has 2 rings (SSSR count). The van der Waals surface area contributed by atoms with Crippen LogP contribution >= 0.6 is 11.6 Å². The molecule has 4 heteroatoms. The number of nitrogens with zero attached hydrogens (tertiary/aromatic N) is 2. The van der Waals surface area contributed by atoms with Gasteiger partial charge in [-0.05, 0) is 25.2 Å². The molecule has 1 aliphatic rings. The molecular formula is C14H24ClN3. The maximum absolute atomic E-state index is 6.37. The highest BCUT2D eigenvalue weighted by atomic mass is 35.5. The molecule has 0 aliphatic heterocycles. The predicted molar refractivity (Wildman–Crippen MR) is 75.9 cm³/mol. The summed E-state index contributed by atoms with van der Waals surface area (Å²) in [4.78, 5) is 0. The Bertz CT molecular complexity index is 394. The van der Waals surface area contributed by atoms with Crippen LogP contribution in [0.2, 0.25) is 5.02 Å². The van der Waals surface area contributed by atoms with Crippen molar-refractivity contribution in [3.8, 4) is 0 Å². The van der Waals surface area contributed by atoms with Crippen LogP contribution in [-0.2, 0) is 19.9 Å². The van der Waals surface area contributed by atoms with Crippen LogP contribution in [0.25, 0.3) is 0 Å². The Morgan fingerprint density at radius 1 is 1.39 bits per heavy atom. The van der Waals surface area contributed by atoms with Crippen molar-refractivity contribution in [1.82, 2.24) is 9.78 Å². The molecule has 0 amide bonds. The first-order valence-electron chi connectivity index (χ1n) is 7.09. The highest BCUT2D eigenvalue weighted by Crippen LogP contribution is 2.29. The molecule has 1 aliphatic carbocycles. The summed E-state index contributed by atoms with van der Waals surface area (Å²) in [6, 6.07) is 0.225. The zero-order valence-corrected chi connectivity index (χ0v) is 12.2. The maximum Gasteiger partial charge on any atom is 0.0850 e. The summed E-state index contributed by atoms with van der Waals surface area (Å²) < 4.78 is 1.91. The van der Waals surface area contributed by atoms with E-state index < -0.39 is 0 Å². The van der Waals surface area contributed by atoms with Crippen LogP contribution < -0.4 is 5.73 Å². The van der Waals surface area contributed by atoms with Gasteiger partial charge in [-0.15, -0.1) is 0 Å². The molecule has 18 heavy (non-hydrogen) atoms. The van der Waals surface area contributed by atoms with Crippen molar-refractivity contribution in [2.45, 2.75) is 57.9 Å². The number of hydrogen-bond acceptors (Lipinski definition) is 2. The number of halogens is 1. The van der Waals surface area contributed by atoms with E-state index in [-0.39, 0.29) is 6.04 Å². The molecule has 102 valence electrons. The second kappa shape index (κ2) is 6.07. The van der Waals surface area contributed by atoms with Gasteiger partial charge in [-0.2, -0.15) is 5.10 Å². The van der Waals surface area contributed by atoms with Crippen LogP contribution in [0.15, 0.2) is 0 Å². The molecule has 1 unspecified atom stereocenters. The first-order valence-corrected chi connectivity index (χ1v) is 7.47. The van der Waals surface area contributed by atoms with Gasteiger partial charge in [0, 0.05) is 19.5 Å². The molecular weight excluding hydrogens is 246 g/mol. The smallest absolute Gasteiger partial charge is 0.0850 e. The third-order valence-corrected chi connectivity index (χ3v) is 4.62. The van der Waals surface area contributed by atoms with E-state index in [0.717, 1.165) is 29.3 Å². The van der Waals surface area contributed by atoms with Crippen molar-refractivity contribution < 1.29 is 0 Å². The van der Waals surface area contributed by atoms with Crippen molar-refractivity contribution in [2.24, 2.45) is 18.7 Å². The molecule has 0 saturated heterocycles. The second-order valence-corrected chi connectivity index (χ2v) is 5.83. The highest BCUT2D eigenvalue weighted by molar-refractivity contribution is 6.31. The lowest BCUT2D eigenvalue weighted by molar-refractivity contribution is 0.301. The summed E-state index contributed by atoms with van der Waals surface area (Å²) in [5.41, 5.74) is 8.46. The van der Waals surface area contributed by atoms with Gasteiger partial charge in [-0.25, -0.2) is 0 Å². The minimum absolute atomic E-state index is 0.225. The van der Waals surface area contributed by atoms with E-state index in [0.29, 0.717) is 5.92 Å². The van der Waals surface area contributed by atoms with Crippen LogP contribution in [0, 0.1) is 5.92 Å². The molecule has 2 N–H and O–H groups in total. The summed E-state index contributed by atoms with van der Waals surface area (Å²) >= 11 is 6.37. The fourth-order valence-corrected chi connectivity index (χ4v) is 3.36. The molecule has 3 nitrogen and oxygen atoms in total. The Kier molecular flexibility index (Phi) is 4.68. The molecule has 0 spiro atoms. The molecule has 1 aromatic heterocycles. The number of nitrogens with two attached hydrogens (primary N) is 1. The van der Waals surface area contributed by atoms with Crippen LogP contribution in [-0.4, -0.2) is 15.8 Å². The van der Waals surface area contributed by atoms with Gasteiger partial charge < -0.3 is 5.73 Å². The van der Waals surface area contributed by atoms with Gasteiger partial charge >= 0.3 is 0 Å². The standard InChI is InChI=1S/C14H24ClN3/c1-3-12-14(15)13(18(2)17-12)9-11(16)10-7-5-4-6-8-10/h10-11H,3-9,16H2,1-2H3.